The van der Waals surface area contributed by atoms with Crippen LogP contribution in [0.15, 0.2) is 30.3 Å². The number of halogens is 2. The summed E-state index contributed by atoms with van der Waals surface area (Å²) in [6.07, 6.45) is -1.45. The Morgan fingerprint density at radius 1 is 1.30 bits per heavy atom. The Morgan fingerprint density at radius 2 is 2.07 bits per heavy atom. The summed E-state index contributed by atoms with van der Waals surface area (Å²) in [5.41, 5.74) is 12.0. The predicted molar refractivity (Wildman–Crippen MR) is 112 cm³/mol. The molecular weight excluding hydrogens is 410 g/mol. The molecule has 2 atom stereocenters. The molecule has 158 valence electrons. The van der Waals surface area contributed by atoms with Crippen LogP contribution in [0.4, 0.5) is 14.5 Å². The first kappa shape index (κ1) is 20.6. The number of hydrogen-bond donors (Lipinski definition) is 3. The number of aromatic nitrogens is 2. The molecule has 2 unspecified atom stereocenters. The maximum absolute atomic E-state index is 14.0. The van der Waals surface area contributed by atoms with Gasteiger partial charge in [-0.05, 0) is 25.3 Å². The van der Waals surface area contributed by atoms with Gasteiger partial charge in [0.15, 0.2) is 12.6 Å². The van der Waals surface area contributed by atoms with Crippen LogP contribution in [0.3, 0.4) is 0 Å². The van der Waals surface area contributed by atoms with Crippen molar-refractivity contribution in [2.75, 3.05) is 18.8 Å². The summed E-state index contributed by atoms with van der Waals surface area (Å²) in [5, 5.41) is 3.30. The Bertz CT molecular complexity index is 1060. The summed E-state index contributed by atoms with van der Waals surface area (Å²) in [4.78, 5) is 22.6. The van der Waals surface area contributed by atoms with Crippen molar-refractivity contribution < 1.29 is 13.6 Å². The quantitative estimate of drug-likeness (QED) is 0.536. The van der Waals surface area contributed by atoms with Gasteiger partial charge in [-0.15, -0.1) is 11.3 Å². The van der Waals surface area contributed by atoms with E-state index >= 15 is 0 Å². The van der Waals surface area contributed by atoms with Crippen LogP contribution < -0.4 is 16.5 Å². The molecular formula is C20H22F2N6OS. The third-order valence-corrected chi connectivity index (χ3v) is 6.07. The summed E-state index contributed by atoms with van der Waals surface area (Å²) in [6, 6.07) is 10.1. The Labute approximate surface area is 176 Å². The number of nitrogens with zero attached hydrogens (tertiary/aromatic N) is 3. The molecule has 1 fully saturated rings. The molecule has 0 saturated carbocycles. The normalized spacial score (nSPS) is 19.8. The minimum atomic E-state index is -1.53. The van der Waals surface area contributed by atoms with E-state index in [1.807, 2.05) is 25.1 Å². The molecule has 4 N–H and O–H groups in total. The van der Waals surface area contributed by atoms with Crippen molar-refractivity contribution in [3.8, 4) is 0 Å². The van der Waals surface area contributed by atoms with Crippen molar-refractivity contribution in [3.63, 3.8) is 0 Å². The summed E-state index contributed by atoms with van der Waals surface area (Å²) >= 11 is 1.09. The number of hydrogen-bond acceptors (Lipinski definition) is 7. The fourth-order valence-electron chi connectivity index (χ4n) is 3.34. The second kappa shape index (κ2) is 8.58. The maximum Gasteiger partial charge on any atom is 0.278 e. The fourth-order valence-corrected chi connectivity index (χ4v) is 4.31. The van der Waals surface area contributed by atoms with Crippen LogP contribution in [0.2, 0.25) is 0 Å². The van der Waals surface area contributed by atoms with Gasteiger partial charge in [-0.1, -0.05) is 30.3 Å². The first-order valence-corrected chi connectivity index (χ1v) is 10.4. The van der Waals surface area contributed by atoms with E-state index in [2.05, 4.69) is 32.8 Å². The van der Waals surface area contributed by atoms with Gasteiger partial charge < -0.3 is 5.73 Å². The molecule has 3 aromatic rings. The second-order valence-electron chi connectivity index (χ2n) is 7.14. The first-order chi connectivity index (χ1) is 14.4. The topological polar surface area (TPSA) is 96.2 Å². The van der Waals surface area contributed by atoms with Gasteiger partial charge in [-0.25, -0.2) is 18.7 Å². The molecule has 0 spiro atoms. The number of aryl methyl sites for hydroxylation is 3. The number of carbonyl (C=O) groups excluding carboxylic acids is 1. The fraction of sp³-hybridized carbons (Fsp3) is 0.350. The van der Waals surface area contributed by atoms with E-state index in [1.165, 1.54) is 5.56 Å². The lowest BCUT2D eigenvalue weighted by Gasteiger charge is -2.32. The summed E-state index contributed by atoms with van der Waals surface area (Å²) in [6.45, 7) is 1.37. The molecule has 1 saturated heterocycles. The van der Waals surface area contributed by atoms with E-state index in [9.17, 15) is 13.6 Å². The Hall–Kier alpha value is -2.69. The van der Waals surface area contributed by atoms with Crippen LogP contribution in [0.5, 0.6) is 0 Å². The van der Waals surface area contributed by atoms with Gasteiger partial charge in [-0.2, -0.15) is 5.01 Å². The van der Waals surface area contributed by atoms with Crippen molar-refractivity contribution in [1.82, 2.24) is 25.7 Å². The first-order valence-electron chi connectivity index (χ1n) is 9.61. The predicted octanol–water partition coefficient (Wildman–Crippen LogP) is 2.51. The number of thiophene rings is 1. The van der Waals surface area contributed by atoms with Gasteiger partial charge in [0.2, 0.25) is 0 Å². The number of hydrazine groups is 1. The molecule has 0 bridgehead atoms. The third-order valence-electron chi connectivity index (χ3n) is 4.98. The minimum absolute atomic E-state index is 0.186. The number of rotatable bonds is 5. The SMILES string of the molecule is Cc1nc2sc(C(=O)NN3CC(F)NCC3F)c(N)c2nc1CCc1ccccc1. The number of amides is 1. The highest BCUT2D eigenvalue weighted by Crippen LogP contribution is 2.32. The Morgan fingerprint density at radius 3 is 2.83 bits per heavy atom. The van der Waals surface area contributed by atoms with Crippen LogP contribution in [0.1, 0.15) is 26.6 Å². The number of benzene rings is 1. The highest BCUT2D eigenvalue weighted by atomic mass is 32.1. The number of fused-ring (bicyclic) bond motifs is 1. The molecule has 0 aliphatic carbocycles. The zero-order chi connectivity index (χ0) is 21.3. The molecule has 1 aliphatic rings. The van der Waals surface area contributed by atoms with E-state index in [4.69, 9.17) is 5.73 Å². The van der Waals surface area contributed by atoms with Crippen molar-refractivity contribution in [3.05, 3.63) is 52.2 Å². The van der Waals surface area contributed by atoms with Crippen LogP contribution >= 0.6 is 11.3 Å². The van der Waals surface area contributed by atoms with Crippen LogP contribution in [-0.4, -0.2) is 46.6 Å². The molecule has 0 radical (unpaired) electrons. The van der Waals surface area contributed by atoms with Gasteiger partial charge in [0.25, 0.3) is 5.91 Å². The lowest BCUT2D eigenvalue weighted by molar-refractivity contribution is -0.0231. The van der Waals surface area contributed by atoms with Crippen molar-refractivity contribution in [1.29, 1.82) is 0 Å². The monoisotopic (exact) mass is 432 g/mol. The largest absolute Gasteiger partial charge is 0.396 e. The van der Waals surface area contributed by atoms with E-state index in [0.29, 0.717) is 16.8 Å². The standard InChI is InChI=1S/C20H22F2N6OS/c1-11-13(8-7-12-5-3-2-4-6-12)26-17-16(23)18(30-20(17)25-11)19(29)27-28-10-14(21)24-9-15(28)22/h2-6,14-15,24H,7-10,23H2,1H3,(H,27,29). The van der Waals surface area contributed by atoms with Gasteiger partial charge in [0, 0.05) is 6.54 Å². The van der Waals surface area contributed by atoms with Crippen LogP contribution in [-0.2, 0) is 12.8 Å². The molecule has 1 aliphatic heterocycles. The summed E-state index contributed by atoms with van der Waals surface area (Å²) < 4.78 is 27.4. The zero-order valence-electron chi connectivity index (χ0n) is 16.4. The van der Waals surface area contributed by atoms with E-state index < -0.39 is 18.5 Å². The second-order valence-corrected chi connectivity index (χ2v) is 8.14. The molecule has 10 heteroatoms. The number of alkyl halides is 2. The van der Waals surface area contributed by atoms with Crippen molar-refractivity contribution in [2.24, 2.45) is 0 Å². The number of nitrogen functional groups attached to an aromatic ring is 1. The minimum Gasteiger partial charge on any atom is -0.396 e. The number of piperazine rings is 1. The molecule has 1 amide bonds. The molecule has 2 aromatic heterocycles. The zero-order valence-corrected chi connectivity index (χ0v) is 17.2. The Balaban J connectivity index is 1.55. The highest BCUT2D eigenvalue weighted by molar-refractivity contribution is 7.21. The lowest BCUT2D eigenvalue weighted by atomic mass is 10.1. The van der Waals surface area contributed by atoms with Crippen LogP contribution in [0, 0.1) is 6.92 Å². The van der Waals surface area contributed by atoms with Crippen molar-refractivity contribution >= 4 is 33.3 Å². The van der Waals surface area contributed by atoms with Crippen LogP contribution in [0.25, 0.3) is 10.3 Å². The number of nitrogens with two attached hydrogens (primary N) is 1. The van der Waals surface area contributed by atoms with E-state index in [0.717, 1.165) is 34.2 Å². The van der Waals surface area contributed by atoms with Crippen molar-refractivity contribution in [2.45, 2.75) is 32.4 Å². The van der Waals surface area contributed by atoms with Gasteiger partial charge in [0.1, 0.15) is 15.2 Å². The molecule has 7 nitrogen and oxygen atoms in total. The average Bonchev–Trinajstić information content (AvgIpc) is 3.05. The summed E-state index contributed by atoms with van der Waals surface area (Å²) in [7, 11) is 0. The number of carbonyl (C=O) groups is 1. The van der Waals surface area contributed by atoms with Gasteiger partial charge in [-0.3, -0.25) is 15.5 Å². The number of nitrogens with one attached hydrogen (secondary N) is 2. The molecule has 1 aromatic carbocycles. The van der Waals surface area contributed by atoms with Gasteiger partial charge in [0.05, 0.1) is 23.6 Å². The third kappa shape index (κ3) is 4.25. The van der Waals surface area contributed by atoms with E-state index in [-0.39, 0.29) is 23.7 Å². The number of anilines is 1. The maximum atomic E-state index is 14.0. The highest BCUT2D eigenvalue weighted by Gasteiger charge is 2.30. The summed E-state index contributed by atoms with van der Waals surface area (Å²) in [5.74, 6) is -0.600. The average molecular weight is 433 g/mol. The van der Waals surface area contributed by atoms with E-state index in [1.54, 1.807) is 0 Å². The molecule has 4 rings (SSSR count). The smallest absolute Gasteiger partial charge is 0.278 e. The molecule has 30 heavy (non-hydrogen) atoms. The Kier molecular flexibility index (Phi) is 5.89. The van der Waals surface area contributed by atoms with Gasteiger partial charge >= 0.3 is 0 Å². The lowest BCUT2D eigenvalue weighted by Crippen LogP contribution is -2.59. The molecule has 3 heterocycles.